The molecule has 1 aromatic rings. The van der Waals surface area contributed by atoms with Crippen molar-refractivity contribution in [2.45, 2.75) is 0 Å². The molecule has 13 heavy (non-hydrogen) atoms. The van der Waals surface area contributed by atoms with E-state index in [1.807, 2.05) is 0 Å². The minimum absolute atomic E-state index is 0. The highest BCUT2D eigenvalue weighted by molar-refractivity contribution is 5.87. The lowest BCUT2D eigenvalue weighted by atomic mass is 10.2. The van der Waals surface area contributed by atoms with Crippen LogP contribution >= 0.6 is 0 Å². The van der Waals surface area contributed by atoms with Gasteiger partial charge in [0.2, 0.25) is 0 Å². The average molecular weight is 194 g/mol. The van der Waals surface area contributed by atoms with E-state index in [-0.39, 0.29) is 22.0 Å². The van der Waals surface area contributed by atoms with Gasteiger partial charge < -0.3 is 21.5 Å². The Morgan fingerprint density at radius 2 is 1.46 bits per heavy atom. The number of carboxylic acids is 1. The molecule has 0 saturated heterocycles. The SMILES string of the molecule is O.O.O.O=C(O)c1ccc(F)cc1. The van der Waals surface area contributed by atoms with Gasteiger partial charge in [-0.05, 0) is 24.3 Å². The van der Waals surface area contributed by atoms with Crippen molar-refractivity contribution < 1.29 is 30.7 Å². The Hall–Kier alpha value is -1.50. The molecule has 1 aromatic carbocycles. The monoisotopic (exact) mass is 194 g/mol. The fraction of sp³-hybridized carbons (Fsp3) is 0. The Morgan fingerprint density at radius 1 is 1.08 bits per heavy atom. The van der Waals surface area contributed by atoms with Crippen LogP contribution in [-0.2, 0) is 0 Å². The molecule has 0 radical (unpaired) electrons. The van der Waals surface area contributed by atoms with E-state index in [1.54, 1.807) is 0 Å². The number of benzene rings is 1. The van der Waals surface area contributed by atoms with Crippen molar-refractivity contribution in [2.75, 3.05) is 0 Å². The zero-order valence-corrected chi connectivity index (χ0v) is 6.54. The maximum absolute atomic E-state index is 12.2. The van der Waals surface area contributed by atoms with E-state index in [1.165, 1.54) is 12.1 Å². The predicted octanol–water partition coefficient (Wildman–Crippen LogP) is -0.950. The third kappa shape index (κ3) is 4.86. The molecule has 0 aromatic heterocycles. The molecule has 76 valence electrons. The normalized spacial score (nSPS) is 7.15. The Labute approximate surface area is 73.4 Å². The Bertz CT molecular complexity index is 246. The fourth-order valence-corrected chi connectivity index (χ4v) is 0.592. The summed E-state index contributed by atoms with van der Waals surface area (Å²) < 4.78 is 12.2. The maximum Gasteiger partial charge on any atom is 0.335 e. The highest BCUT2D eigenvalue weighted by Gasteiger charge is 1.99. The van der Waals surface area contributed by atoms with Gasteiger partial charge in [0.25, 0.3) is 0 Å². The van der Waals surface area contributed by atoms with E-state index in [0.717, 1.165) is 12.1 Å². The van der Waals surface area contributed by atoms with E-state index in [2.05, 4.69) is 0 Å². The Kier molecular flexibility index (Phi) is 9.67. The molecule has 5 nitrogen and oxygen atoms in total. The van der Waals surface area contributed by atoms with Gasteiger partial charge in [-0.2, -0.15) is 0 Å². The smallest absolute Gasteiger partial charge is 0.335 e. The van der Waals surface area contributed by atoms with Gasteiger partial charge >= 0.3 is 5.97 Å². The first-order valence-electron chi connectivity index (χ1n) is 2.69. The fourth-order valence-electron chi connectivity index (χ4n) is 0.592. The second-order valence-corrected chi connectivity index (χ2v) is 1.81. The van der Waals surface area contributed by atoms with Crippen LogP contribution in [0.25, 0.3) is 0 Å². The topological polar surface area (TPSA) is 132 Å². The summed E-state index contributed by atoms with van der Waals surface area (Å²) in [5.41, 5.74) is 0.0985. The van der Waals surface area contributed by atoms with Crippen LogP contribution in [0, 0.1) is 5.82 Å². The minimum Gasteiger partial charge on any atom is -0.478 e. The molecule has 0 spiro atoms. The molecule has 0 saturated carbocycles. The number of aromatic carboxylic acids is 1. The van der Waals surface area contributed by atoms with Gasteiger partial charge in [0.15, 0.2) is 0 Å². The highest BCUT2D eigenvalue weighted by atomic mass is 19.1. The molecule has 6 heteroatoms. The molecule has 0 atom stereocenters. The van der Waals surface area contributed by atoms with Crippen molar-refractivity contribution in [2.24, 2.45) is 0 Å². The standard InChI is InChI=1S/C7H5FO2.3H2O/c8-6-3-1-5(2-4-6)7(9)10;;;/h1-4H,(H,9,10);3*1H2. The average Bonchev–Trinajstić information content (AvgIpc) is 1.88. The van der Waals surface area contributed by atoms with E-state index in [4.69, 9.17) is 5.11 Å². The number of carboxylic acid groups (broad SMARTS) is 1. The summed E-state index contributed by atoms with van der Waals surface area (Å²) in [5, 5.41) is 8.35. The molecule has 0 fully saturated rings. The summed E-state index contributed by atoms with van der Waals surface area (Å²) >= 11 is 0. The molecule has 0 aliphatic rings. The van der Waals surface area contributed by atoms with Crippen LogP contribution in [0.2, 0.25) is 0 Å². The Morgan fingerprint density at radius 3 is 1.77 bits per heavy atom. The van der Waals surface area contributed by atoms with Gasteiger partial charge in [-0.15, -0.1) is 0 Å². The first-order chi connectivity index (χ1) is 4.70. The summed E-state index contributed by atoms with van der Waals surface area (Å²) in [7, 11) is 0. The van der Waals surface area contributed by atoms with Crippen LogP contribution < -0.4 is 0 Å². The van der Waals surface area contributed by atoms with Crippen molar-refractivity contribution in [1.29, 1.82) is 0 Å². The predicted molar refractivity (Wildman–Crippen MR) is 44.2 cm³/mol. The number of halogens is 1. The van der Waals surface area contributed by atoms with E-state index >= 15 is 0 Å². The van der Waals surface area contributed by atoms with Gasteiger partial charge in [0, 0.05) is 0 Å². The van der Waals surface area contributed by atoms with Crippen LogP contribution in [0.3, 0.4) is 0 Å². The molecule has 0 amide bonds. The van der Waals surface area contributed by atoms with Crippen molar-refractivity contribution >= 4 is 5.97 Å². The van der Waals surface area contributed by atoms with Crippen molar-refractivity contribution in [1.82, 2.24) is 0 Å². The minimum atomic E-state index is -1.04. The van der Waals surface area contributed by atoms with Gasteiger partial charge in [-0.1, -0.05) is 0 Å². The molecule has 0 bridgehead atoms. The van der Waals surface area contributed by atoms with Crippen molar-refractivity contribution in [3.05, 3.63) is 35.6 Å². The second kappa shape index (κ2) is 7.17. The molecule has 0 unspecified atom stereocenters. The largest absolute Gasteiger partial charge is 0.478 e. The lowest BCUT2D eigenvalue weighted by Gasteiger charge is -1.90. The van der Waals surface area contributed by atoms with E-state index in [0.29, 0.717) is 0 Å². The zero-order chi connectivity index (χ0) is 7.56. The number of hydrogen-bond acceptors (Lipinski definition) is 1. The number of carbonyl (C=O) groups is 1. The lowest BCUT2D eigenvalue weighted by Crippen LogP contribution is -1.94. The van der Waals surface area contributed by atoms with Gasteiger partial charge in [0.05, 0.1) is 5.56 Å². The lowest BCUT2D eigenvalue weighted by molar-refractivity contribution is 0.0697. The van der Waals surface area contributed by atoms with E-state index < -0.39 is 11.8 Å². The maximum atomic E-state index is 12.2. The zero-order valence-electron chi connectivity index (χ0n) is 6.54. The van der Waals surface area contributed by atoms with Crippen LogP contribution in [-0.4, -0.2) is 27.5 Å². The van der Waals surface area contributed by atoms with E-state index in [9.17, 15) is 9.18 Å². The summed E-state index contributed by atoms with van der Waals surface area (Å²) in [4.78, 5) is 10.2. The first kappa shape index (κ1) is 17.5. The molecule has 0 aliphatic carbocycles. The highest BCUT2D eigenvalue weighted by Crippen LogP contribution is 2.01. The Balaban J connectivity index is -0.000000333. The van der Waals surface area contributed by atoms with Crippen LogP contribution in [0.4, 0.5) is 4.39 Å². The third-order valence-corrected chi connectivity index (χ3v) is 1.09. The number of hydrogen-bond donors (Lipinski definition) is 1. The molecule has 0 heterocycles. The number of rotatable bonds is 1. The summed E-state index contributed by atoms with van der Waals surface area (Å²) in [5.74, 6) is -1.47. The van der Waals surface area contributed by atoms with Gasteiger partial charge in [-0.25, -0.2) is 9.18 Å². The second-order valence-electron chi connectivity index (χ2n) is 1.81. The molecule has 0 aliphatic heterocycles. The van der Waals surface area contributed by atoms with Gasteiger partial charge in [-0.3, -0.25) is 0 Å². The van der Waals surface area contributed by atoms with Crippen molar-refractivity contribution in [3.63, 3.8) is 0 Å². The van der Waals surface area contributed by atoms with Crippen LogP contribution in [0.15, 0.2) is 24.3 Å². The summed E-state index contributed by atoms with van der Waals surface area (Å²) in [6.45, 7) is 0. The quantitative estimate of drug-likeness (QED) is 0.617. The molecule has 1 rings (SSSR count). The third-order valence-electron chi connectivity index (χ3n) is 1.09. The first-order valence-corrected chi connectivity index (χ1v) is 2.69. The summed E-state index contributed by atoms with van der Waals surface area (Å²) in [6.07, 6.45) is 0. The molecular formula is C7H11FO5. The molecule has 7 N–H and O–H groups in total. The van der Waals surface area contributed by atoms with Crippen LogP contribution in [0.5, 0.6) is 0 Å². The molecular weight excluding hydrogens is 183 g/mol. The summed E-state index contributed by atoms with van der Waals surface area (Å²) in [6, 6.07) is 4.67. The van der Waals surface area contributed by atoms with Crippen molar-refractivity contribution in [3.8, 4) is 0 Å². The van der Waals surface area contributed by atoms with Crippen LogP contribution in [0.1, 0.15) is 10.4 Å². The van der Waals surface area contributed by atoms with Gasteiger partial charge in [0.1, 0.15) is 5.82 Å².